The van der Waals surface area contributed by atoms with Crippen LogP contribution >= 0.6 is 11.8 Å². The van der Waals surface area contributed by atoms with Crippen LogP contribution in [0.3, 0.4) is 0 Å². The number of thioether (sulfide) groups is 1. The molecule has 1 aliphatic heterocycles. The van der Waals surface area contributed by atoms with Crippen molar-refractivity contribution in [1.29, 1.82) is 0 Å². The monoisotopic (exact) mass is 341 g/mol. The van der Waals surface area contributed by atoms with Crippen LogP contribution in [0.4, 0.5) is 5.69 Å². The van der Waals surface area contributed by atoms with Crippen molar-refractivity contribution in [2.24, 2.45) is 0 Å². The first-order valence-electron chi connectivity index (χ1n) is 8.16. The number of nitrogens with zero attached hydrogens (tertiary/aromatic N) is 1. The molecule has 6 heteroatoms. The molecule has 0 N–H and O–H groups in total. The van der Waals surface area contributed by atoms with Crippen LogP contribution in [0.1, 0.15) is 40.5 Å². The predicted octanol–water partition coefficient (Wildman–Crippen LogP) is 3.20. The molecule has 4 nitrogen and oxygen atoms in total. The van der Waals surface area contributed by atoms with E-state index >= 15 is 0 Å². The number of ether oxygens (including phenoxy) is 3. The van der Waals surface area contributed by atoms with Crippen LogP contribution in [0, 0.1) is 0 Å². The second-order valence-corrected chi connectivity index (χ2v) is 7.33. The molecular formula is C16H27NO3SSi. The van der Waals surface area contributed by atoms with Crippen molar-refractivity contribution in [2.75, 3.05) is 24.4 Å². The van der Waals surface area contributed by atoms with Crippen molar-refractivity contribution >= 4 is 27.9 Å². The number of hydrogen-bond donors (Lipinski definition) is 0. The molecule has 0 fully saturated rings. The minimum Gasteiger partial charge on any atom is -0.490 e. The molecule has 0 aromatic heterocycles. The van der Waals surface area contributed by atoms with E-state index in [-0.39, 0.29) is 0 Å². The van der Waals surface area contributed by atoms with Gasteiger partial charge in [0.1, 0.15) is 10.4 Å². The van der Waals surface area contributed by atoms with Crippen LogP contribution in [0.25, 0.3) is 0 Å². The summed E-state index contributed by atoms with van der Waals surface area (Å²) in [5.41, 5.74) is 1.20. The van der Waals surface area contributed by atoms with E-state index in [4.69, 9.17) is 14.2 Å². The quantitative estimate of drug-likeness (QED) is 0.678. The molecule has 0 bridgehead atoms. The summed E-state index contributed by atoms with van der Waals surface area (Å²) in [6, 6.07) is 2.12. The van der Waals surface area contributed by atoms with Crippen molar-refractivity contribution in [3.8, 4) is 17.2 Å². The van der Waals surface area contributed by atoms with E-state index < -0.39 is 0 Å². The zero-order chi connectivity index (χ0) is 16.1. The van der Waals surface area contributed by atoms with Gasteiger partial charge >= 0.3 is 0 Å². The summed E-state index contributed by atoms with van der Waals surface area (Å²) in [7, 11) is 0.971. The molecule has 1 aromatic carbocycles. The Morgan fingerprint density at radius 1 is 1.05 bits per heavy atom. The van der Waals surface area contributed by atoms with Crippen molar-refractivity contribution in [1.82, 2.24) is 0 Å². The average molecular weight is 342 g/mol. The lowest BCUT2D eigenvalue weighted by Gasteiger charge is -2.25. The van der Waals surface area contributed by atoms with Gasteiger partial charge in [-0.25, -0.2) is 0 Å². The average Bonchev–Trinajstić information content (AvgIpc) is 2.80. The first-order chi connectivity index (χ1) is 10.7. The molecule has 1 heterocycles. The molecule has 22 heavy (non-hydrogen) atoms. The van der Waals surface area contributed by atoms with Crippen molar-refractivity contribution in [3.05, 3.63) is 6.07 Å². The highest BCUT2D eigenvalue weighted by molar-refractivity contribution is 8.00. The largest absolute Gasteiger partial charge is 0.490 e. The summed E-state index contributed by atoms with van der Waals surface area (Å²) in [5.74, 6) is 2.40. The Bertz CT molecular complexity index is 513. The van der Waals surface area contributed by atoms with Gasteiger partial charge in [-0.15, -0.1) is 0 Å². The number of hydrogen-bond acceptors (Lipinski definition) is 5. The molecule has 0 saturated heterocycles. The molecule has 0 aliphatic carbocycles. The Hall–Kier alpha value is -1.01. The first kappa shape index (κ1) is 17.3. The van der Waals surface area contributed by atoms with E-state index in [2.05, 4.69) is 17.6 Å². The minimum absolute atomic E-state index is 0.511. The third-order valence-electron chi connectivity index (χ3n) is 3.60. The molecular weight excluding hydrogens is 314 g/mol. The van der Waals surface area contributed by atoms with Crippen molar-refractivity contribution in [3.63, 3.8) is 0 Å². The normalized spacial score (nSPS) is 16.7. The van der Waals surface area contributed by atoms with E-state index in [0.29, 0.717) is 25.2 Å². The van der Waals surface area contributed by atoms with E-state index in [9.17, 15) is 0 Å². The smallest absolute Gasteiger partial charge is 0.205 e. The van der Waals surface area contributed by atoms with Crippen LogP contribution < -0.4 is 18.8 Å². The van der Waals surface area contributed by atoms with Gasteiger partial charge in [0.15, 0.2) is 11.5 Å². The Balaban J connectivity index is 2.51. The van der Waals surface area contributed by atoms with Gasteiger partial charge in [-0.3, -0.25) is 0 Å². The van der Waals surface area contributed by atoms with E-state index in [1.165, 1.54) is 23.4 Å². The fraction of sp³-hybridized carbons (Fsp3) is 0.625. The van der Waals surface area contributed by atoms with Crippen molar-refractivity contribution < 1.29 is 14.2 Å². The lowest BCUT2D eigenvalue weighted by molar-refractivity contribution is 0.260. The number of fused-ring (bicyclic) bond motifs is 1. The number of benzene rings is 1. The molecule has 124 valence electrons. The second-order valence-electron chi connectivity index (χ2n) is 5.15. The lowest BCUT2D eigenvalue weighted by Crippen LogP contribution is -2.26. The van der Waals surface area contributed by atoms with Crippen LogP contribution in [-0.4, -0.2) is 35.6 Å². The molecule has 0 amide bonds. The highest BCUT2D eigenvalue weighted by atomic mass is 32.2. The highest BCUT2D eigenvalue weighted by Crippen LogP contribution is 2.55. The van der Waals surface area contributed by atoms with Gasteiger partial charge in [0, 0.05) is 11.0 Å². The van der Waals surface area contributed by atoms with Crippen molar-refractivity contribution in [2.45, 2.75) is 50.8 Å². The van der Waals surface area contributed by atoms with Gasteiger partial charge in [-0.05, 0) is 27.2 Å². The number of anilines is 1. The Morgan fingerprint density at radius 3 is 2.27 bits per heavy atom. The summed E-state index contributed by atoms with van der Waals surface area (Å²) in [4.78, 5) is 1.25. The minimum atomic E-state index is 0.511. The van der Waals surface area contributed by atoms with Gasteiger partial charge in [0.25, 0.3) is 0 Å². The second kappa shape index (κ2) is 8.01. The van der Waals surface area contributed by atoms with Gasteiger partial charge < -0.3 is 18.8 Å². The molecule has 2 rings (SSSR count). The maximum absolute atomic E-state index is 5.98. The van der Waals surface area contributed by atoms with E-state index in [1.54, 1.807) is 0 Å². The first-order valence-corrected chi connectivity index (χ1v) is 9.94. The topological polar surface area (TPSA) is 30.9 Å². The van der Waals surface area contributed by atoms with Crippen LogP contribution in [0.15, 0.2) is 11.0 Å². The Labute approximate surface area is 141 Å². The summed E-state index contributed by atoms with van der Waals surface area (Å²) in [5, 5.41) is 0.511. The molecule has 1 aliphatic rings. The Morgan fingerprint density at radius 2 is 1.68 bits per heavy atom. The maximum Gasteiger partial charge on any atom is 0.205 e. The number of rotatable bonds is 8. The van der Waals surface area contributed by atoms with Gasteiger partial charge in [-0.2, -0.15) is 0 Å². The SMILES string of the molecule is CCCC1Sc2cc(OCC)c(OCC)c(OCC)c2N1[SiH3]. The third kappa shape index (κ3) is 3.32. The molecule has 1 aromatic rings. The van der Waals surface area contributed by atoms with Crippen LogP contribution in [0.2, 0.25) is 0 Å². The lowest BCUT2D eigenvalue weighted by atomic mass is 10.2. The van der Waals surface area contributed by atoms with Crippen LogP contribution in [0.5, 0.6) is 17.2 Å². The molecule has 0 radical (unpaired) electrons. The van der Waals surface area contributed by atoms with Crippen LogP contribution in [-0.2, 0) is 0 Å². The standard InChI is InChI=1S/C16H27NO3SSi/c1-5-9-13-17(22)14-12(21-13)10-11(18-6-2)15(19-7-3)16(14)20-8-4/h10,13H,5-9H2,1-4,22H3. The van der Waals surface area contributed by atoms with E-state index in [0.717, 1.165) is 27.7 Å². The van der Waals surface area contributed by atoms with Gasteiger partial charge in [0.05, 0.1) is 30.9 Å². The summed E-state index contributed by atoms with van der Waals surface area (Å²) in [6.07, 6.45) is 2.37. The summed E-state index contributed by atoms with van der Waals surface area (Å²) < 4.78 is 20.1. The summed E-state index contributed by atoms with van der Waals surface area (Å²) >= 11 is 1.92. The summed E-state index contributed by atoms with van der Waals surface area (Å²) in [6.45, 7) is 10.1. The zero-order valence-corrected chi connectivity index (χ0v) is 17.1. The molecule has 1 atom stereocenters. The van der Waals surface area contributed by atoms with Gasteiger partial charge in [-0.1, -0.05) is 25.1 Å². The fourth-order valence-electron chi connectivity index (χ4n) is 2.70. The van der Waals surface area contributed by atoms with E-state index in [1.807, 2.05) is 32.5 Å². The fourth-order valence-corrected chi connectivity index (χ4v) is 5.31. The Kier molecular flexibility index (Phi) is 6.32. The molecule has 0 saturated carbocycles. The molecule has 1 unspecified atom stereocenters. The predicted molar refractivity (Wildman–Crippen MR) is 96.9 cm³/mol. The van der Waals surface area contributed by atoms with Gasteiger partial charge in [0.2, 0.25) is 5.75 Å². The third-order valence-corrected chi connectivity index (χ3v) is 6.44. The highest BCUT2D eigenvalue weighted by Gasteiger charge is 2.33. The molecule has 0 spiro atoms. The maximum atomic E-state index is 5.98. The zero-order valence-electron chi connectivity index (χ0n) is 14.3.